The third-order valence-electron chi connectivity index (χ3n) is 8.03. The maximum Gasteiger partial charge on any atom is 0.288 e. The lowest BCUT2D eigenvalue weighted by Crippen LogP contribution is -3.00. The first-order valence-corrected chi connectivity index (χ1v) is 16.9. The summed E-state index contributed by atoms with van der Waals surface area (Å²) in [7, 11) is 0. The van der Waals surface area contributed by atoms with Gasteiger partial charge in [-0.3, -0.25) is 4.79 Å². The topological polar surface area (TPSA) is 24.2 Å². The molecule has 0 atom stereocenters. The van der Waals surface area contributed by atoms with Crippen LogP contribution in [0.25, 0.3) is 0 Å². The normalized spacial score (nSPS) is 14.3. The summed E-state index contributed by atoms with van der Waals surface area (Å²) in [5.74, 6) is 0.343. The minimum atomic E-state index is 0. The highest BCUT2D eigenvalue weighted by atomic mass is 79.9. The molecule has 2 rings (SSSR count). The number of hydrogen-bond acceptors (Lipinski definition) is 2. The number of nitrogens with zero attached hydrogens (tertiary/aromatic N) is 2. The SMILES string of the molecule is CCCCCCCCCCc1sc[n+](CC(=O)N2CCCCCCC2)c1CCCCCCCCCC.[Br-]. The Morgan fingerprint density at radius 3 is 1.70 bits per heavy atom. The van der Waals surface area contributed by atoms with Crippen LogP contribution in [0.1, 0.15) is 159 Å². The lowest BCUT2D eigenvalue weighted by atomic mass is 10.0. The molecule has 0 aromatic carbocycles. The van der Waals surface area contributed by atoms with E-state index in [0.717, 1.165) is 19.5 Å². The summed E-state index contributed by atoms with van der Waals surface area (Å²) in [5.41, 5.74) is 3.75. The second kappa shape index (κ2) is 23.5. The van der Waals surface area contributed by atoms with Crippen molar-refractivity contribution in [3.8, 4) is 0 Å². The zero-order valence-corrected chi connectivity index (χ0v) is 27.0. The van der Waals surface area contributed by atoms with Gasteiger partial charge in [-0.25, -0.2) is 0 Å². The first-order valence-electron chi connectivity index (χ1n) is 16.0. The van der Waals surface area contributed by atoms with Gasteiger partial charge in [-0.1, -0.05) is 134 Å². The number of rotatable bonds is 20. The molecule has 0 unspecified atom stereocenters. The molecular formula is C32H59BrN2OS. The van der Waals surface area contributed by atoms with Gasteiger partial charge >= 0.3 is 0 Å². The van der Waals surface area contributed by atoms with E-state index in [1.807, 2.05) is 11.3 Å². The molecule has 1 aliphatic rings. The number of aryl methyl sites for hydroxylation is 1. The standard InChI is InChI=1S/C32H59N2OS.BrH/c1-3-5-7-9-11-13-16-20-24-30-31(25-21-17-14-12-10-8-6-4-2)36-29-34(30)28-32(35)33-26-22-18-15-19-23-27-33;/h29H,3-28H2,1-2H3;1H/q+1;/p-1. The molecule has 216 valence electrons. The number of amides is 1. The monoisotopic (exact) mass is 598 g/mol. The van der Waals surface area contributed by atoms with Crippen LogP contribution in [-0.4, -0.2) is 23.9 Å². The van der Waals surface area contributed by atoms with E-state index < -0.39 is 0 Å². The van der Waals surface area contributed by atoms with Gasteiger partial charge in [0, 0.05) is 19.5 Å². The summed E-state index contributed by atoms with van der Waals surface area (Å²) < 4.78 is 2.34. The number of carbonyl (C=O) groups is 1. The summed E-state index contributed by atoms with van der Waals surface area (Å²) in [4.78, 5) is 16.9. The molecule has 0 aliphatic carbocycles. The minimum Gasteiger partial charge on any atom is -1.00 e. The molecule has 0 N–H and O–H groups in total. The molecule has 0 bridgehead atoms. The first kappa shape index (κ1) is 34.6. The first-order chi connectivity index (χ1) is 17.8. The van der Waals surface area contributed by atoms with Crippen molar-refractivity contribution in [2.24, 2.45) is 0 Å². The molecule has 1 aliphatic heterocycles. The number of halogens is 1. The molecule has 1 fully saturated rings. The third kappa shape index (κ3) is 15.7. The average Bonchev–Trinajstić information content (AvgIpc) is 3.23. The second-order valence-corrected chi connectivity index (χ2v) is 12.3. The van der Waals surface area contributed by atoms with Crippen LogP contribution in [-0.2, 0) is 24.2 Å². The summed E-state index contributed by atoms with van der Waals surface area (Å²) in [6, 6.07) is 0. The largest absolute Gasteiger partial charge is 1.00 e. The fraction of sp³-hybridized carbons (Fsp3) is 0.875. The fourth-order valence-corrected chi connectivity index (χ4v) is 6.70. The molecule has 1 amide bonds. The van der Waals surface area contributed by atoms with E-state index in [2.05, 4.69) is 28.8 Å². The number of hydrogen-bond donors (Lipinski definition) is 0. The lowest BCUT2D eigenvalue weighted by Gasteiger charge is -2.23. The molecule has 1 aromatic heterocycles. The van der Waals surface area contributed by atoms with Crippen molar-refractivity contribution in [3.05, 3.63) is 16.1 Å². The van der Waals surface area contributed by atoms with E-state index in [1.165, 1.54) is 147 Å². The molecule has 1 saturated heterocycles. The highest BCUT2D eigenvalue weighted by Gasteiger charge is 2.24. The summed E-state index contributed by atoms with van der Waals surface area (Å²) in [6.07, 6.45) is 30.5. The van der Waals surface area contributed by atoms with Gasteiger partial charge in [0.05, 0.1) is 4.88 Å². The number of carbonyl (C=O) groups excluding carboxylic acids is 1. The molecule has 1 aromatic rings. The van der Waals surface area contributed by atoms with Gasteiger partial charge in [-0.2, -0.15) is 4.57 Å². The van der Waals surface area contributed by atoms with Crippen molar-refractivity contribution in [2.75, 3.05) is 13.1 Å². The quantitative estimate of drug-likeness (QED) is 0.129. The van der Waals surface area contributed by atoms with Crippen LogP contribution in [0, 0.1) is 0 Å². The Hall–Kier alpha value is -0.420. The van der Waals surface area contributed by atoms with E-state index in [-0.39, 0.29) is 17.0 Å². The van der Waals surface area contributed by atoms with Crippen molar-refractivity contribution in [2.45, 2.75) is 168 Å². The average molecular weight is 600 g/mol. The maximum atomic E-state index is 13.2. The fourth-order valence-electron chi connectivity index (χ4n) is 5.63. The van der Waals surface area contributed by atoms with E-state index in [0.29, 0.717) is 12.5 Å². The molecule has 3 nitrogen and oxygen atoms in total. The Balaban J connectivity index is 0.00000684. The zero-order valence-electron chi connectivity index (χ0n) is 24.6. The van der Waals surface area contributed by atoms with E-state index in [1.54, 1.807) is 4.88 Å². The summed E-state index contributed by atoms with van der Waals surface area (Å²) >= 11 is 1.92. The third-order valence-corrected chi connectivity index (χ3v) is 9.11. The molecule has 5 heteroatoms. The van der Waals surface area contributed by atoms with Crippen LogP contribution in [0.3, 0.4) is 0 Å². The number of aromatic nitrogens is 1. The minimum absolute atomic E-state index is 0. The number of likely N-dealkylation sites (tertiary alicyclic amines) is 1. The molecule has 0 spiro atoms. The zero-order chi connectivity index (χ0) is 25.7. The van der Waals surface area contributed by atoms with E-state index >= 15 is 0 Å². The van der Waals surface area contributed by atoms with Gasteiger partial charge in [0.1, 0.15) is 0 Å². The molecule has 0 saturated carbocycles. The predicted molar refractivity (Wildman–Crippen MR) is 157 cm³/mol. The van der Waals surface area contributed by atoms with Crippen LogP contribution in [0.15, 0.2) is 5.51 Å². The van der Waals surface area contributed by atoms with Crippen LogP contribution in [0.2, 0.25) is 0 Å². The molecular weight excluding hydrogens is 540 g/mol. The van der Waals surface area contributed by atoms with Gasteiger partial charge < -0.3 is 21.9 Å². The van der Waals surface area contributed by atoms with Crippen molar-refractivity contribution in [1.82, 2.24) is 4.90 Å². The van der Waals surface area contributed by atoms with Crippen LogP contribution in [0.5, 0.6) is 0 Å². The van der Waals surface area contributed by atoms with Crippen LogP contribution >= 0.6 is 11.3 Å². The maximum absolute atomic E-state index is 13.2. The summed E-state index contributed by atoms with van der Waals surface area (Å²) in [5, 5.41) is 0. The molecule has 0 radical (unpaired) electrons. The van der Waals surface area contributed by atoms with Gasteiger partial charge in [-0.15, -0.1) is 0 Å². The van der Waals surface area contributed by atoms with Crippen molar-refractivity contribution >= 4 is 17.2 Å². The van der Waals surface area contributed by atoms with Gasteiger partial charge in [-0.05, 0) is 32.1 Å². The van der Waals surface area contributed by atoms with Crippen molar-refractivity contribution in [1.29, 1.82) is 0 Å². The van der Waals surface area contributed by atoms with Crippen molar-refractivity contribution < 1.29 is 26.3 Å². The van der Waals surface area contributed by atoms with Crippen LogP contribution in [0.4, 0.5) is 0 Å². The van der Waals surface area contributed by atoms with Crippen LogP contribution < -0.4 is 21.5 Å². The highest BCUT2D eigenvalue weighted by molar-refractivity contribution is 7.09. The smallest absolute Gasteiger partial charge is 0.288 e. The Kier molecular flexibility index (Phi) is 21.9. The van der Waals surface area contributed by atoms with Gasteiger partial charge in [0.2, 0.25) is 12.1 Å². The molecule has 37 heavy (non-hydrogen) atoms. The highest BCUT2D eigenvalue weighted by Crippen LogP contribution is 2.20. The summed E-state index contributed by atoms with van der Waals surface area (Å²) in [6.45, 7) is 7.06. The number of unbranched alkanes of at least 4 members (excludes halogenated alkanes) is 14. The van der Waals surface area contributed by atoms with E-state index in [9.17, 15) is 4.79 Å². The predicted octanol–water partition coefficient (Wildman–Crippen LogP) is 6.20. The Labute approximate surface area is 245 Å². The molecule has 2 heterocycles. The second-order valence-electron chi connectivity index (χ2n) is 11.3. The number of thiazole rings is 1. The Morgan fingerprint density at radius 1 is 0.703 bits per heavy atom. The van der Waals surface area contributed by atoms with Gasteiger partial charge in [0.25, 0.3) is 5.91 Å². The Bertz CT molecular complexity index is 670. The Morgan fingerprint density at radius 2 is 1.16 bits per heavy atom. The van der Waals surface area contributed by atoms with E-state index in [4.69, 9.17) is 0 Å². The van der Waals surface area contributed by atoms with Crippen molar-refractivity contribution in [3.63, 3.8) is 0 Å². The van der Waals surface area contributed by atoms with Gasteiger partial charge in [0.15, 0.2) is 5.69 Å². The lowest BCUT2D eigenvalue weighted by molar-refractivity contribution is -0.688.